The van der Waals surface area contributed by atoms with E-state index in [2.05, 4.69) is 17.1 Å². The minimum absolute atomic E-state index is 0.00333. The fourth-order valence-electron chi connectivity index (χ4n) is 4.00. The number of hydrogen-bond acceptors (Lipinski definition) is 3. The van der Waals surface area contributed by atoms with Gasteiger partial charge in [-0.05, 0) is 49.2 Å². The monoisotopic (exact) mass is 446 g/mol. The van der Waals surface area contributed by atoms with E-state index in [4.69, 9.17) is 17.3 Å². The fraction of sp³-hybridized carbons (Fsp3) is 0.391. The molecule has 3 amide bonds. The summed E-state index contributed by atoms with van der Waals surface area (Å²) < 4.78 is 13.2. The number of hydrogen-bond donors (Lipinski definition) is 2. The molecule has 3 atom stereocenters. The van der Waals surface area contributed by atoms with E-state index in [9.17, 15) is 14.0 Å². The van der Waals surface area contributed by atoms with Crippen LogP contribution in [-0.4, -0.2) is 46.9 Å². The Morgan fingerprint density at radius 1 is 1.10 bits per heavy atom. The number of halogens is 2. The Balaban J connectivity index is 1.66. The van der Waals surface area contributed by atoms with Crippen molar-refractivity contribution < 1.29 is 14.0 Å². The molecule has 0 saturated carbocycles. The molecule has 1 heterocycles. The Hall–Kier alpha value is -2.64. The second kappa shape index (κ2) is 10.1. The lowest BCUT2D eigenvalue weighted by molar-refractivity contribution is -0.137. The molecule has 166 valence electrons. The maximum absolute atomic E-state index is 13.2. The average Bonchev–Trinajstić information content (AvgIpc) is 2.71. The summed E-state index contributed by atoms with van der Waals surface area (Å²) in [4.78, 5) is 28.8. The Bertz CT molecular complexity index is 907. The van der Waals surface area contributed by atoms with E-state index >= 15 is 0 Å². The molecule has 3 N–H and O–H groups in total. The number of urea groups is 1. The smallest absolute Gasteiger partial charge is 0.312 e. The van der Waals surface area contributed by atoms with Gasteiger partial charge in [-0.25, -0.2) is 9.18 Å². The quantitative estimate of drug-likeness (QED) is 0.710. The van der Waals surface area contributed by atoms with Crippen LogP contribution in [0.2, 0.25) is 5.02 Å². The second-order valence-electron chi connectivity index (χ2n) is 8.12. The van der Waals surface area contributed by atoms with Crippen molar-refractivity contribution in [2.24, 2.45) is 5.73 Å². The van der Waals surface area contributed by atoms with Crippen LogP contribution in [0.5, 0.6) is 0 Å². The molecule has 1 saturated heterocycles. The summed E-state index contributed by atoms with van der Waals surface area (Å²) in [7, 11) is 0. The molecule has 0 aromatic heterocycles. The summed E-state index contributed by atoms with van der Waals surface area (Å²) in [6.45, 7) is 6.07. The van der Waals surface area contributed by atoms with Crippen molar-refractivity contribution >= 4 is 23.5 Å². The summed E-state index contributed by atoms with van der Waals surface area (Å²) in [6.07, 6.45) is 0.111. The van der Waals surface area contributed by atoms with Gasteiger partial charge in [-0.1, -0.05) is 35.9 Å². The number of primary amides is 1. The summed E-state index contributed by atoms with van der Waals surface area (Å²) in [5.74, 6) is -0.296. The molecule has 1 aliphatic heterocycles. The third-order valence-electron chi connectivity index (χ3n) is 5.70. The number of piperazine rings is 1. The van der Waals surface area contributed by atoms with Gasteiger partial charge in [0.25, 0.3) is 0 Å². The first kappa shape index (κ1) is 23.0. The molecular formula is C23H28ClFN4O2. The highest BCUT2D eigenvalue weighted by molar-refractivity contribution is 6.30. The van der Waals surface area contributed by atoms with Gasteiger partial charge in [-0.2, -0.15) is 0 Å². The summed E-state index contributed by atoms with van der Waals surface area (Å²) in [5, 5.41) is 3.24. The lowest BCUT2D eigenvalue weighted by Crippen LogP contribution is -2.58. The summed E-state index contributed by atoms with van der Waals surface area (Å²) in [5.41, 5.74) is 7.14. The van der Waals surface area contributed by atoms with Crippen molar-refractivity contribution in [2.75, 3.05) is 13.1 Å². The molecule has 0 bridgehead atoms. The zero-order chi connectivity index (χ0) is 22.5. The van der Waals surface area contributed by atoms with E-state index < -0.39 is 12.1 Å². The van der Waals surface area contributed by atoms with Crippen LogP contribution in [-0.2, 0) is 11.3 Å². The summed E-state index contributed by atoms with van der Waals surface area (Å²) >= 11 is 5.95. The van der Waals surface area contributed by atoms with E-state index in [1.165, 1.54) is 12.1 Å². The lowest BCUT2D eigenvalue weighted by Gasteiger charge is -2.44. The first-order valence-corrected chi connectivity index (χ1v) is 10.7. The predicted octanol–water partition coefficient (Wildman–Crippen LogP) is 3.70. The first-order chi connectivity index (χ1) is 14.7. The van der Waals surface area contributed by atoms with Crippen molar-refractivity contribution in [2.45, 2.75) is 44.9 Å². The van der Waals surface area contributed by atoms with Crippen molar-refractivity contribution in [3.05, 3.63) is 70.5 Å². The lowest BCUT2D eigenvalue weighted by atomic mass is 10.0. The molecule has 6 nitrogen and oxygen atoms in total. The Morgan fingerprint density at radius 3 is 2.35 bits per heavy atom. The standard InChI is InChI=1S/C23H28ClFN4O2/c1-15-13-29(16(2)12-28(15)14-17-3-9-20(25)10-4-17)22(30)11-21(27-23(26)31)18-5-7-19(24)8-6-18/h3-10,15-16,21H,11-14H2,1-2H3,(H3,26,27,31)/t15-,16+,21?/m0/s1. The van der Waals surface area contributed by atoms with Gasteiger partial charge in [-0.15, -0.1) is 0 Å². The Labute approximate surface area is 187 Å². The van der Waals surface area contributed by atoms with Crippen molar-refractivity contribution in [1.82, 2.24) is 15.1 Å². The van der Waals surface area contributed by atoms with Gasteiger partial charge in [0.15, 0.2) is 0 Å². The maximum atomic E-state index is 13.2. The van der Waals surface area contributed by atoms with Crippen LogP contribution in [0.3, 0.4) is 0 Å². The topological polar surface area (TPSA) is 78.7 Å². The van der Waals surface area contributed by atoms with Crippen LogP contribution >= 0.6 is 11.6 Å². The van der Waals surface area contributed by atoms with E-state index in [0.717, 1.165) is 11.1 Å². The molecule has 8 heteroatoms. The zero-order valence-corrected chi connectivity index (χ0v) is 18.5. The molecule has 1 aliphatic rings. The van der Waals surface area contributed by atoms with Crippen LogP contribution in [0.15, 0.2) is 48.5 Å². The third-order valence-corrected chi connectivity index (χ3v) is 5.95. The highest BCUT2D eigenvalue weighted by Gasteiger charge is 2.33. The molecule has 0 radical (unpaired) electrons. The third kappa shape index (κ3) is 6.18. The van der Waals surface area contributed by atoms with Gasteiger partial charge in [0.05, 0.1) is 12.5 Å². The van der Waals surface area contributed by atoms with Gasteiger partial charge in [0.2, 0.25) is 5.91 Å². The van der Waals surface area contributed by atoms with E-state index in [-0.39, 0.29) is 30.2 Å². The van der Waals surface area contributed by atoms with E-state index in [1.807, 2.05) is 11.8 Å². The van der Waals surface area contributed by atoms with Crippen LogP contribution in [0.4, 0.5) is 9.18 Å². The Kier molecular flexibility index (Phi) is 7.51. The van der Waals surface area contributed by atoms with Gasteiger partial charge in [-0.3, -0.25) is 9.69 Å². The Morgan fingerprint density at radius 2 is 1.74 bits per heavy atom. The summed E-state index contributed by atoms with van der Waals surface area (Å²) in [6, 6.07) is 12.4. The molecule has 0 aliphatic carbocycles. The van der Waals surface area contributed by atoms with Gasteiger partial charge >= 0.3 is 6.03 Å². The van der Waals surface area contributed by atoms with Crippen molar-refractivity contribution in [3.8, 4) is 0 Å². The molecular weight excluding hydrogens is 419 g/mol. The second-order valence-corrected chi connectivity index (χ2v) is 8.55. The molecule has 1 fully saturated rings. The van der Waals surface area contributed by atoms with E-state index in [0.29, 0.717) is 24.7 Å². The highest BCUT2D eigenvalue weighted by Crippen LogP contribution is 2.24. The number of carbonyl (C=O) groups is 2. The van der Waals surface area contributed by atoms with Crippen LogP contribution in [0.25, 0.3) is 0 Å². The predicted molar refractivity (Wildman–Crippen MR) is 119 cm³/mol. The molecule has 2 aromatic rings. The first-order valence-electron chi connectivity index (χ1n) is 10.3. The van der Waals surface area contributed by atoms with Gasteiger partial charge in [0, 0.05) is 36.7 Å². The van der Waals surface area contributed by atoms with Gasteiger partial charge < -0.3 is 16.0 Å². The number of nitrogens with two attached hydrogens (primary N) is 1. The molecule has 31 heavy (non-hydrogen) atoms. The molecule has 3 rings (SSSR count). The van der Waals surface area contributed by atoms with Gasteiger partial charge in [0.1, 0.15) is 5.82 Å². The maximum Gasteiger partial charge on any atom is 0.312 e. The van der Waals surface area contributed by atoms with Crippen molar-refractivity contribution in [3.63, 3.8) is 0 Å². The normalized spacial score (nSPS) is 20.3. The van der Waals surface area contributed by atoms with E-state index in [1.54, 1.807) is 36.4 Å². The number of nitrogens with zero attached hydrogens (tertiary/aromatic N) is 2. The SMILES string of the molecule is C[C@@H]1CN(Cc2ccc(F)cc2)[C@@H](C)CN1C(=O)CC(NC(N)=O)c1ccc(Cl)cc1. The molecule has 2 aromatic carbocycles. The fourth-order valence-corrected chi connectivity index (χ4v) is 4.13. The minimum Gasteiger partial charge on any atom is -0.352 e. The number of nitrogens with one attached hydrogen (secondary N) is 1. The minimum atomic E-state index is -0.682. The number of benzene rings is 2. The van der Waals surface area contributed by atoms with Crippen LogP contribution in [0, 0.1) is 5.82 Å². The number of carbonyl (C=O) groups excluding carboxylic acids is 2. The number of rotatable bonds is 6. The van der Waals surface area contributed by atoms with Crippen LogP contribution < -0.4 is 11.1 Å². The van der Waals surface area contributed by atoms with Crippen LogP contribution in [0.1, 0.15) is 37.4 Å². The average molecular weight is 447 g/mol. The van der Waals surface area contributed by atoms with Crippen molar-refractivity contribution in [1.29, 1.82) is 0 Å². The molecule has 1 unspecified atom stereocenters. The number of amides is 3. The molecule has 0 spiro atoms. The zero-order valence-electron chi connectivity index (χ0n) is 17.7. The highest BCUT2D eigenvalue weighted by atomic mass is 35.5. The largest absolute Gasteiger partial charge is 0.352 e.